The molecule has 0 saturated heterocycles. The summed E-state index contributed by atoms with van der Waals surface area (Å²) in [6.07, 6.45) is 0. The van der Waals surface area contributed by atoms with Gasteiger partial charge in [0.1, 0.15) is 0 Å². The molecule has 2 heteroatoms. The summed E-state index contributed by atoms with van der Waals surface area (Å²) in [5.41, 5.74) is 3.22. The van der Waals surface area contributed by atoms with E-state index in [0.29, 0.717) is 5.92 Å². The zero-order valence-electron chi connectivity index (χ0n) is 11.9. The van der Waals surface area contributed by atoms with E-state index in [1.54, 1.807) is 0 Å². The van der Waals surface area contributed by atoms with E-state index in [1.165, 1.54) is 10.9 Å². The molecule has 0 spiro atoms. The number of hydrogen-bond acceptors (Lipinski definition) is 1. The van der Waals surface area contributed by atoms with Crippen LogP contribution in [0.1, 0.15) is 49.5 Å². The summed E-state index contributed by atoms with van der Waals surface area (Å²) in [4.78, 5) is 14.4. The maximum absolute atomic E-state index is 12.5. The Kier molecular flexibility index (Phi) is 2.63. The lowest BCUT2D eigenvalue weighted by Crippen LogP contribution is -2.33. The van der Waals surface area contributed by atoms with Crippen molar-refractivity contribution in [2.24, 2.45) is 0 Å². The number of hydrogen-bond donors (Lipinski definition) is 0. The van der Waals surface area contributed by atoms with Gasteiger partial charge < -0.3 is 4.90 Å². The minimum atomic E-state index is 0.136. The first-order chi connectivity index (χ1) is 9.00. The van der Waals surface area contributed by atoms with Gasteiger partial charge in [0.15, 0.2) is 0 Å². The molecular formula is C17H19NO. The number of amides is 1. The van der Waals surface area contributed by atoms with Crippen molar-refractivity contribution in [3.63, 3.8) is 0 Å². The van der Waals surface area contributed by atoms with E-state index in [2.05, 4.69) is 45.9 Å². The molecule has 3 rings (SSSR count). The van der Waals surface area contributed by atoms with Crippen LogP contribution in [0.5, 0.6) is 0 Å². The maximum Gasteiger partial charge on any atom is 0.259 e. The first-order valence-corrected chi connectivity index (χ1v) is 6.91. The number of anilines is 1. The molecule has 1 aliphatic rings. The molecule has 19 heavy (non-hydrogen) atoms. The van der Waals surface area contributed by atoms with Crippen LogP contribution >= 0.6 is 0 Å². The molecule has 2 aromatic rings. The molecule has 0 fully saturated rings. The van der Waals surface area contributed by atoms with Crippen molar-refractivity contribution in [1.29, 1.82) is 0 Å². The molecule has 0 saturated carbocycles. The average molecular weight is 253 g/mol. The van der Waals surface area contributed by atoms with Gasteiger partial charge >= 0.3 is 0 Å². The first kappa shape index (κ1) is 12.2. The van der Waals surface area contributed by atoms with Crippen LogP contribution in [0.3, 0.4) is 0 Å². The molecule has 1 heterocycles. The summed E-state index contributed by atoms with van der Waals surface area (Å²) in [6.45, 7) is 8.51. The van der Waals surface area contributed by atoms with E-state index in [4.69, 9.17) is 0 Å². The highest BCUT2D eigenvalue weighted by molar-refractivity contribution is 6.25. The highest BCUT2D eigenvalue weighted by Crippen LogP contribution is 2.40. The molecular weight excluding hydrogens is 234 g/mol. The van der Waals surface area contributed by atoms with Crippen molar-refractivity contribution in [2.45, 2.75) is 39.7 Å². The monoisotopic (exact) mass is 253 g/mol. The molecule has 0 unspecified atom stereocenters. The number of carbonyl (C=O) groups is 1. The van der Waals surface area contributed by atoms with Gasteiger partial charge in [0.2, 0.25) is 0 Å². The van der Waals surface area contributed by atoms with Crippen molar-refractivity contribution in [3.8, 4) is 0 Å². The highest BCUT2D eigenvalue weighted by atomic mass is 16.2. The van der Waals surface area contributed by atoms with Gasteiger partial charge in [0.25, 0.3) is 5.91 Å². The summed E-state index contributed by atoms with van der Waals surface area (Å²) in [5.74, 6) is 0.602. The van der Waals surface area contributed by atoms with Crippen LogP contribution in [-0.2, 0) is 0 Å². The lowest BCUT2D eigenvalue weighted by atomic mass is 9.97. The van der Waals surface area contributed by atoms with Gasteiger partial charge in [-0.2, -0.15) is 0 Å². The predicted molar refractivity (Wildman–Crippen MR) is 80.0 cm³/mol. The van der Waals surface area contributed by atoms with Gasteiger partial charge in [-0.15, -0.1) is 0 Å². The number of benzene rings is 2. The number of nitrogens with zero attached hydrogens (tertiary/aromatic N) is 1. The maximum atomic E-state index is 12.5. The zero-order chi connectivity index (χ0) is 13.7. The molecule has 1 aliphatic heterocycles. The van der Waals surface area contributed by atoms with E-state index >= 15 is 0 Å². The second kappa shape index (κ2) is 4.09. The fourth-order valence-corrected chi connectivity index (χ4v) is 2.88. The van der Waals surface area contributed by atoms with Crippen LogP contribution in [0.4, 0.5) is 5.69 Å². The summed E-state index contributed by atoms with van der Waals surface area (Å²) >= 11 is 0. The van der Waals surface area contributed by atoms with Gasteiger partial charge in [-0.05, 0) is 42.8 Å². The van der Waals surface area contributed by atoms with Crippen molar-refractivity contribution in [2.75, 3.05) is 4.90 Å². The van der Waals surface area contributed by atoms with E-state index in [0.717, 1.165) is 16.6 Å². The van der Waals surface area contributed by atoms with Crippen LogP contribution in [0.15, 0.2) is 30.3 Å². The van der Waals surface area contributed by atoms with E-state index in [-0.39, 0.29) is 11.9 Å². The number of rotatable bonds is 2. The van der Waals surface area contributed by atoms with E-state index in [9.17, 15) is 4.79 Å². The Hall–Kier alpha value is -1.83. The zero-order valence-corrected chi connectivity index (χ0v) is 11.9. The van der Waals surface area contributed by atoms with Gasteiger partial charge in [0, 0.05) is 17.0 Å². The van der Waals surface area contributed by atoms with Crippen molar-refractivity contribution < 1.29 is 4.79 Å². The first-order valence-electron chi connectivity index (χ1n) is 6.91. The smallest absolute Gasteiger partial charge is 0.259 e. The normalized spacial score (nSPS) is 14.2. The standard InChI is InChI=1S/C17H19NO/c1-10(2)13-8-12-6-5-7-14-16(12)15(9-13)18(11(3)4)17(14)19/h5-11H,1-4H3. The van der Waals surface area contributed by atoms with Gasteiger partial charge in [-0.1, -0.05) is 32.0 Å². The summed E-state index contributed by atoms with van der Waals surface area (Å²) in [7, 11) is 0. The predicted octanol–water partition coefficient (Wildman–Crippen LogP) is 4.33. The SMILES string of the molecule is CC(C)c1cc2c3c(cccc3c1)C(=O)N2C(C)C. The Balaban J connectivity index is 2.36. The van der Waals surface area contributed by atoms with Crippen molar-refractivity contribution in [3.05, 3.63) is 41.5 Å². The quantitative estimate of drug-likeness (QED) is 0.780. The molecule has 0 bridgehead atoms. The van der Waals surface area contributed by atoms with Crippen LogP contribution < -0.4 is 4.90 Å². The lowest BCUT2D eigenvalue weighted by molar-refractivity contribution is 0.0987. The Morgan fingerprint density at radius 2 is 1.79 bits per heavy atom. The largest absolute Gasteiger partial charge is 0.305 e. The van der Waals surface area contributed by atoms with Crippen molar-refractivity contribution >= 4 is 22.4 Å². The second-order valence-corrected chi connectivity index (χ2v) is 5.87. The lowest BCUT2D eigenvalue weighted by Gasteiger charge is -2.23. The van der Waals surface area contributed by atoms with Crippen molar-refractivity contribution in [1.82, 2.24) is 0 Å². The highest BCUT2D eigenvalue weighted by Gasteiger charge is 2.31. The number of carbonyl (C=O) groups excluding carboxylic acids is 1. The van der Waals surface area contributed by atoms with Crippen LogP contribution in [0.25, 0.3) is 10.8 Å². The van der Waals surface area contributed by atoms with Crippen LogP contribution in [-0.4, -0.2) is 11.9 Å². The van der Waals surface area contributed by atoms with Crippen LogP contribution in [0.2, 0.25) is 0 Å². The Morgan fingerprint density at radius 3 is 2.42 bits per heavy atom. The molecule has 0 atom stereocenters. The van der Waals surface area contributed by atoms with E-state index in [1.807, 2.05) is 17.0 Å². The van der Waals surface area contributed by atoms with Gasteiger partial charge in [-0.25, -0.2) is 0 Å². The minimum Gasteiger partial charge on any atom is -0.305 e. The molecule has 98 valence electrons. The fraction of sp³-hybridized carbons (Fsp3) is 0.353. The molecule has 0 aliphatic carbocycles. The van der Waals surface area contributed by atoms with Crippen LogP contribution in [0, 0.1) is 0 Å². The van der Waals surface area contributed by atoms with E-state index < -0.39 is 0 Å². The Morgan fingerprint density at radius 1 is 1.05 bits per heavy atom. The molecule has 0 radical (unpaired) electrons. The Bertz CT molecular complexity index is 670. The minimum absolute atomic E-state index is 0.136. The van der Waals surface area contributed by atoms with Gasteiger partial charge in [0.05, 0.1) is 5.69 Å². The third-order valence-electron chi connectivity index (χ3n) is 3.87. The molecule has 0 aromatic heterocycles. The topological polar surface area (TPSA) is 20.3 Å². The third-order valence-corrected chi connectivity index (χ3v) is 3.87. The third kappa shape index (κ3) is 1.66. The van der Waals surface area contributed by atoms with Gasteiger partial charge in [-0.3, -0.25) is 4.79 Å². The summed E-state index contributed by atoms with van der Waals surface area (Å²) < 4.78 is 0. The molecule has 0 N–H and O–H groups in total. The Labute approximate surface area is 114 Å². The molecule has 1 amide bonds. The molecule has 2 aromatic carbocycles. The molecule has 2 nitrogen and oxygen atoms in total. The fourth-order valence-electron chi connectivity index (χ4n) is 2.88. The second-order valence-electron chi connectivity index (χ2n) is 5.87. The summed E-state index contributed by atoms with van der Waals surface area (Å²) in [6, 6.07) is 10.6. The average Bonchev–Trinajstić information content (AvgIpc) is 2.64. The summed E-state index contributed by atoms with van der Waals surface area (Å²) in [5, 5.41) is 2.29.